The quantitative estimate of drug-likeness (QED) is 0.608. The van der Waals surface area contributed by atoms with Gasteiger partial charge in [0.2, 0.25) is 5.13 Å². The van der Waals surface area contributed by atoms with Crippen LogP contribution in [0.2, 0.25) is 0 Å². The van der Waals surface area contributed by atoms with Gasteiger partial charge in [-0.1, -0.05) is 55.8 Å². The number of aryl methyl sites for hydroxylation is 1. The van der Waals surface area contributed by atoms with Crippen LogP contribution in [0.25, 0.3) is 0 Å². The lowest BCUT2D eigenvalue weighted by atomic mass is 9.98. The van der Waals surface area contributed by atoms with Gasteiger partial charge in [0.25, 0.3) is 0 Å². The first-order valence-electron chi connectivity index (χ1n) is 9.18. The molecule has 3 aromatic rings. The first kappa shape index (κ1) is 20.5. The summed E-state index contributed by atoms with van der Waals surface area (Å²) < 4.78 is 28.5. The first-order valence-corrected chi connectivity index (χ1v) is 11.8. The maximum Gasteiger partial charge on any atom is 0.203 e. The number of anilines is 1. The molecule has 7 heteroatoms. The second-order valence-electron chi connectivity index (χ2n) is 7.45. The molecule has 1 aromatic heterocycles. The lowest BCUT2D eigenvalue weighted by Gasteiger charge is -2.20. The van der Waals surface area contributed by atoms with Gasteiger partial charge < -0.3 is 5.32 Å². The van der Waals surface area contributed by atoms with Crippen molar-refractivity contribution in [1.29, 1.82) is 0 Å². The highest BCUT2D eigenvalue weighted by molar-refractivity contribution is 7.90. The molecule has 0 aliphatic rings. The highest BCUT2D eigenvalue weighted by Crippen LogP contribution is 2.29. The molecule has 0 fully saturated rings. The molecule has 0 bridgehead atoms. The van der Waals surface area contributed by atoms with Crippen molar-refractivity contribution in [2.24, 2.45) is 5.92 Å². The summed E-state index contributed by atoms with van der Waals surface area (Å²) in [6.07, 6.45) is 2.06. The molecule has 0 spiro atoms. The zero-order valence-corrected chi connectivity index (χ0v) is 18.1. The third-order valence-corrected chi connectivity index (χ3v) is 6.15. The highest BCUT2D eigenvalue weighted by Gasteiger charge is 2.19. The average molecular weight is 416 g/mol. The van der Waals surface area contributed by atoms with E-state index in [0.29, 0.717) is 10.8 Å². The number of sulfone groups is 1. The topological polar surface area (TPSA) is 72.0 Å². The third-order valence-electron chi connectivity index (χ3n) is 4.36. The molecule has 0 radical (unpaired) electrons. The van der Waals surface area contributed by atoms with Crippen LogP contribution in [-0.2, 0) is 16.3 Å². The molecule has 1 unspecified atom stereocenters. The second-order valence-corrected chi connectivity index (χ2v) is 10.2. The number of nitrogens with one attached hydrogen (secondary N) is 1. The zero-order chi connectivity index (χ0) is 20.3. The number of hydrogen-bond donors (Lipinski definition) is 1. The molecule has 1 atom stereocenters. The minimum Gasteiger partial charge on any atom is -0.349 e. The Morgan fingerprint density at radius 2 is 1.79 bits per heavy atom. The van der Waals surface area contributed by atoms with E-state index in [0.717, 1.165) is 28.5 Å². The molecule has 28 heavy (non-hydrogen) atoms. The summed E-state index contributed by atoms with van der Waals surface area (Å²) in [5.41, 5.74) is 3.08. The van der Waals surface area contributed by atoms with E-state index in [4.69, 9.17) is 0 Å². The number of aromatic nitrogens is 2. The van der Waals surface area contributed by atoms with Gasteiger partial charge in [0, 0.05) is 24.2 Å². The van der Waals surface area contributed by atoms with Gasteiger partial charge in [0.05, 0.1) is 10.9 Å². The smallest absolute Gasteiger partial charge is 0.203 e. The van der Waals surface area contributed by atoms with Crippen LogP contribution >= 0.6 is 11.5 Å². The minimum atomic E-state index is -3.28. The molecule has 148 valence electrons. The van der Waals surface area contributed by atoms with Crippen LogP contribution < -0.4 is 5.32 Å². The van der Waals surface area contributed by atoms with Crippen molar-refractivity contribution in [2.75, 3.05) is 11.6 Å². The minimum absolute atomic E-state index is 0.220. The Balaban J connectivity index is 1.98. The summed E-state index contributed by atoms with van der Waals surface area (Å²) in [6, 6.07) is 15.0. The molecule has 0 saturated carbocycles. The van der Waals surface area contributed by atoms with E-state index in [9.17, 15) is 8.42 Å². The monoisotopic (exact) mass is 415 g/mol. The number of nitrogens with zero attached hydrogens (tertiary/aromatic N) is 2. The fourth-order valence-electron chi connectivity index (χ4n) is 2.93. The Labute approximate surface area is 170 Å². The van der Waals surface area contributed by atoms with Crippen LogP contribution in [0.4, 0.5) is 5.13 Å². The maximum atomic E-state index is 12.0. The molecule has 0 saturated heterocycles. The van der Waals surface area contributed by atoms with Gasteiger partial charge in [-0.3, -0.25) is 0 Å². The highest BCUT2D eigenvalue weighted by atomic mass is 32.2. The van der Waals surface area contributed by atoms with Crippen LogP contribution in [0.1, 0.15) is 42.4 Å². The van der Waals surface area contributed by atoms with E-state index in [2.05, 4.69) is 52.8 Å². The van der Waals surface area contributed by atoms with Crippen LogP contribution in [0.3, 0.4) is 0 Å². The van der Waals surface area contributed by atoms with Gasteiger partial charge in [0.1, 0.15) is 5.82 Å². The molecule has 2 aromatic carbocycles. The van der Waals surface area contributed by atoms with Crippen molar-refractivity contribution >= 4 is 26.5 Å². The van der Waals surface area contributed by atoms with Gasteiger partial charge >= 0.3 is 0 Å². The van der Waals surface area contributed by atoms with E-state index in [1.165, 1.54) is 23.4 Å². The summed E-state index contributed by atoms with van der Waals surface area (Å²) in [6.45, 7) is 6.32. The van der Waals surface area contributed by atoms with Crippen molar-refractivity contribution in [3.63, 3.8) is 0 Å². The van der Waals surface area contributed by atoms with Gasteiger partial charge in [-0.2, -0.15) is 4.37 Å². The molecule has 1 heterocycles. The van der Waals surface area contributed by atoms with Crippen molar-refractivity contribution in [3.8, 4) is 0 Å². The number of hydrogen-bond acceptors (Lipinski definition) is 6. The lowest BCUT2D eigenvalue weighted by molar-refractivity contribution is 0.601. The van der Waals surface area contributed by atoms with Crippen molar-refractivity contribution in [3.05, 3.63) is 71.0 Å². The summed E-state index contributed by atoms with van der Waals surface area (Å²) >= 11 is 1.33. The van der Waals surface area contributed by atoms with Crippen LogP contribution in [0.15, 0.2) is 53.4 Å². The lowest BCUT2D eigenvalue weighted by Crippen LogP contribution is -2.13. The number of benzene rings is 2. The molecule has 0 aliphatic heterocycles. The Hall–Kier alpha value is -2.25. The Morgan fingerprint density at radius 3 is 2.43 bits per heavy atom. The summed E-state index contributed by atoms with van der Waals surface area (Å²) in [7, 11) is -3.28. The van der Waals surface area contributed by atoms with Gasteiger partial charge in [0.15, 0.2) is 9.84 Å². The summed E-state index contributed by atoms with van der Waals surface area (Å²) in [4.78, 5) is 4.92. The van der Waals surface area contributed by atoms with Crippen LogP contribution in [-0.4, -0.2) is 24.0 Å². The second kappa shape index (κ2) is 8.41. The normalized spacial score (nSPS) is 12.9. The SMILES string of the molecule is Cc1ccc(C(Nc2nc(CC(C)C)ns2)c2cccc(S(C)(=O)=O)c2)cc1. The maximum absolute atomic E-state index is 12.0. The van der Waals surface area contributed by atoms with E-state index in [1.54, 1.807) is 18.2 Å². The summed E-state index contributed by atoms with van der Waals surface area (Å²) in [5, 5.41) is 4.18. The zero-order valence-electron chi connectivity index (χ0n) is 16.5. The van der Waals surface area contributed by atoms with E-state index in [1.807, 2.05) is 13.0 Å². The molecule has 5 nitrogen and oxygen atoms in total. The van der Waals surface area contributed by atoms with Crippen molar-refractivity contribution in [1.82, 2.24) is 9.36 Å². The van der Waals surface area contributed by atoms with Gasteiger partial charge in [-0.25, -0.2) is 13.4 Å². The predicted octanol–water partition coefficient (Wildman–Crippen LogP) is 4.65. The largest absolute Gasteiger partial charge is 0.349 e. The summed E-state index contributed by atoms with van der Waals surface area (Å²) in [5.74, 6) is 1.32. The molecule has 1 N–H and O–H groups in total. The first-order chi connectivity index (χ1) is 13.2. The molecule has 0 aliphatic carbocycles. The molecular formula is C21H25N3O2S2. The fraction of sp³-hybridized carbons (Fsp3) is 0.333. The van der Waals surface area contributed by atoms with Crippen molar-refractivity contribution in [2.45, 2.75) is 38.1 Å². The predicted molar refractivity (Wildman–Crippen MR) is 115 cm³/mol. The fourth-order valence-corrected chi connectivity index (χ4v) is 4.23. The Kier molecular flexibility index (Phi) is 6.15. The Bertz CT molecular complexity index is 1040. The molecule has 0 amide bonds. The van der Waals surface area contributed by atoms with Gasteiger partial charge in [-0.15, -0.1) is 0 Å². The van der Waals surface area contributed by atoms with E-state index >= 15 is 0 Å². The molecule has 3 rings (SSSR count). The van der Waals surface area contributed by atoms with E-state index < -0.39 is 9.84 Å². The average Bonchev–Trinajstić information content (AvgIpc) is 3.06. The standard InChI is InChI=1S/C21H25N3O2S2/c1-14(2)12-19-22-21(27-24-19)23-20(16-10-8-15(3)9-11-16)17-6-5-7-18(13-17)28(4,25)26/h5-11,13-14,20H,12H2,1-4H3,(H,22,23,24). The molecular weight excluding hydrogens is 390 g/mol. The Morgan fingerprint density at radius 1 is 1.07 bits per heavy atom. The number of rotatable bonds is 7. The van der Waals surface area contributed by atoms with Gasteiger partial charge in [-0.05, 0) is 36.1 Å². The van der Waals surface area contributed by atoms with E-state index in [-0.39, 0.29) is 6.04 Å². The van der Waals surface area contributed by atoms with Crippen molar-refractivity contribution < 1.29 is 8.42 Å². The van der Waals surface area contributed by atoms with Crippen LogP contribution in [0, 0.1) is 12.8 Å². The van der Waals surface area contributed by atoms with Crippen LogP contribution in [0.5, 0.6) is 0 Å². The third kappa shape index (κ3) is 5.17.